The molecule has 98 valence electrons. The van der Waals surface area contributed by atoms with E-state index in [1.54, 1.807) is 0 Å². The lowest BCUT2D eigenvalue weighted by Crippen LogP contribution is -2.47. The zero-order chi connectivity index (χ0) is 12.4. The summed E-state index contributed by atoms with van der Waals surface area (Å²) in [5, 5.41) is 0. The lowest BCUT2D eigenvalue weighted by atomic mass is 9.94. The molecule has 1 fully saturated rings. The van der Waals surface area contributed by atoms with Gasteiger partial charge in [-0.25, -0.2) is 0 Å². The van der Waals surface area contributed by atoms with E-state index in [4.69, 9.17) is 0 Å². The molecule has 0 radical (unpaired) electrons. The zero-order valence-electron chi connectivity index (χ0n) is 11.4. The summed E-state index contributed by atoms with van der Waals surface area (Å²) < 4.78 is 14.9. The molecule has 0 unspecified atom stereocenters. The number of hydrogen-bond donors (Lipinski definition) is 2. The summed E-state index contributed by atoms with van der Waals surface area (Å²) >= 11 is 0. The molecule has 3 nitrogen and oxygen atoms in total. The van der Waals surface area contributed by atoms with Gasteiger partial charge in [-0.15, -0.1) is 0 Å². The fourth-order valence-corrected chi connectivity index (χ4v) is 3.47. The van der Waals surface area contributed by atoms with Gasteiger partial charge in [-0.3, -0.25) is 8.93 Å². The van der Waals surface area contributed by atoms with Crippen molar-refractivity contribution in [3.8, 4) is 0 Å². The second-order valence-electron chi connectivity index (χ2n) is 6.59. The van der Waals surface area contributed by atoms with Crippen LogP contribution in [0.15, 0.2) is 0 Å². The van der Waals surface area contributed by atoms with E-state index in [1.165, 1.54) is 0 Å². The maximum atomic E-state index is 11.7. The standard InChI is InChI=1S/C12H28N2OS/c1-12(2,3)10-14-8-6-11(7-9-14)13-16(4,5)15/h11,16H,6-10H2,1-5H3,(H,13,15). The van der Waals surface area contributed by atoms with Gasteiger partial charge >= 0.3 is 0 Å². The number of nitrogens with zero attached hydrogens (tertiary/aromatic N) is 1. The molecular formula is C12H28N2OS. The van der Waals surface area contributed by atoms with Crippen molar-refractivity contribution in [2.45, 2.75) is 39.7 Å². The van der Waals surface area contributed by atoms with Crippen molar-refractivity contribution in [1.82, 2.24) is 9.62 Å². The third-order valence-corrected chi connectivity index (χ3v) is 3.77. The molecule has 1 aliphatic heterocycles. The van der Waals surface area contributed by atoms with Crippen LogP contribution < -0.4 is 4.72 Å². The van der Waals surface area contributed by atoms with Gasteiger partial charge in [0.25, 0.3) is 0 Å². The molecule has 0 aromatic rings. The van der Waals surface area contributed by atoms with Crippen molar-refractivity contribution in [3.05, 3.63) is 0 Å². The zero-order valence-corrected chi connectivity index (χ0v) is 12.3. The van der Waals surface area contributed by atoms with Crippen LogP contribution in [0.3, 0.4) is 0 Å². The lowest BCUT2D eigenvalue weighted by molar-refractivity contribution is 0.152. The molecule has 16 heavy (non-hydrogen) atoms. The molecule has 0 aliphatic carbocycles. The van der Waals surface area contributed by atoms with Crippen molar-refractivity contribution in [2.24, 2.45) is 5.41 Å². The molecule has 4 heteroatoms. The summed E-state index contributed by atoms with van der Waals surface area (Å²) in [5.41, 5.74) is 0.380. The molecule has 0 aromatic heterocycles. The van der Waals surface area contributed by atoms with E-state index in [0.717, 1.165) is 32.5 Å². The van der Waals surface area contributed by atoms with E-state index in [2.05, 4.69) is 30.4 Å². The summed E-state index contributed by atoms with van der Waals surface area (Å²) in [7, 11) is -2.06. The Hall–Kier alpha value is 0.0700. The Balaban J connectivity index is 2.32. The van der Waals surface area contributed by atoms with Gasteiger partial charge in [0.2, 0.25) is 0 Å². The number of hydrogen-bond acceptors (Lipinski definition) is 2. The van der Waals surface area contributed by atoms with E-state index < -0.39 is 10.1 Å². The first kappa shape index (κ1) is 14.1. The fraction of sp³-hybridized carbons (Fsp3) is 1.00. The minimum absolute atomic E-state index is 0.380. The Morgan fingerprint density at radius 1 is 1.25 bits per heavy atom. The number of likely N-dealkylation sites (tertiary alicyclic amines) is 1. The Kier molecular flexibility index (Phi) is 4.55. The number of thiol groups is 1. The van der Waals surface area contributed by atoms with Gasteiger partial charge in [-0.1, -0.05) is 30.9 Å². The van der Waals surface area contributed by atoms with Gasteiger partial charge < -0.3 is 4.90 Å². The second-order valence-corrected chi connectivity index (χ2v) is 9.55. The van der Waals surface area contributed by atoms with Gasteiger partial charge in [0.1, 0.15) is 0 Å². The first-order chi connectivity index (χ1) is 7.16. The maximum absolute atomic E-state index is 11.7. The Morgan fingerprint density at radius 2 is 1.75 bits per heavy atom. The molecule has 0 amide bonds. The molecule has 0 aromatic carbocycles. The first-order valence-corrected chi connectivity index (χ1v) is 8.81. The summed E-state index contributed by atoms with van der Waals surface area (Å²) in [6.45, 7) is 10.3. The van der Waals surface area contributed by atoms with Crippen molar-refractivity contribution >= 4 is 10.1 Å². The van der Waals surface area contributed by atoms with Crippen molar-refractivity contribution < 1.29 is 4.21 Å². The van der Waals surface area contributed by atoms with E-state index in [0.29, 0.717) is 11.5 Å². The average Bonchev–Trinajstić information content (AvgIpc) is 2.03. The quantitative estimate of drug-likeness (QED) is 0.738. The Morgan fingerprint density at radius 3 is 2.12 bits per heavy atom. The summed E-state index contributed by atoms with van der Waals surface area (Å²) in [6.07, 6.45) is 5.88. The van der Waals surface area contributed by atoms with Crippen LogP contribution in [-0.4, -0.2) is 47.3 Å². The van der Waals surface area contributed by atoms with Gasteiger partial charge in [-0.05, 0) is 31.3 Å². The molecule has 0 spiro atoms. The van der Waals surface area contributed by atoms with E-state index in [9.17, 15) is 4.21 Å². The van der Waals surface area contributed by atoms with Gasteiger partial charge in [0.15, 0.2) is 0 Å². The number of piperidine rings is 1. The molecule has 1 heterocycles. The topological polar surface area (TPSA) is 32.3 Å². The van der Waals surface area contributed by atoms with Crippen LogP contribution in [-0.2, 0) is 10.1 Å². The molecule has 0 bridgehead atoms. The van der Waals surface area contributed by atoms with Crippen LogP contribution in [0.1, 0.15) is 33.6 Å². The van der Waals surface area contributed by atoms with Crippen molar-refractivity contribution in [1.29, 1.82) is 0 Å². The van der Waals surface area contributed by atoms with E-state index in [-0.39, 0.29) is 0 Å². The number of nitrogens with one attached hydrogen (secondary N) is 1. The Labute approximate surface area is 102 Å². The third-order valence-electron chi connectivity index (χ3n) is 2.78. The molecule has 1 aliphatic rings. The average molecular weight is 248 g/mol. The lowest BCUT2D eigenvalue weighted by Gasteiger charge is -2.37. The predicted molar refractivity (Wildman–Crippen MR) is 73.4 cm³/mol. The molecule has 0 saturated carbocycles. The fourth-order valence-electron chi connectivity index (χ4n) is 2.33. The van der Waals surface area contributed by atoms with Gasteiger partial charge in [-0.2, -0.15) is 0 Å². The van der Waals surface area contributed by atoms with Crippen LogP contribution in [0.2, 0.25) is 0 Å². The molecule has 1 rings (SSSR count). The second kappa shape index (κ2) is 5.15. The molecule has 0 atom stereocenters. The molecule has 1 saturated heterocycles. The maximum Gasteiger partial charge on any atom is 0.0200 e. The van der Waals surface area contributed by atoms with E-state index in [1.807, 2.05) is 12.5 Å². The van der Waals surface area contributed by atoms with E-state index >= 15 is 0 Å². The highest BCUT2D eigenvalue weighted by Gasteiger charge is 2.23. The summed E-state index contributed by atoms with van der Waals surface area (Å²) in [4.78, 5) is 2.52. The first-order valence-electron chi connectivity index (χ1n) is 6.21. The van der Waals surface area contributed by atoms with Crippen LogP contribution in [0.4, 0.5) is 0 Å². The molecular weight excluding hydrogens is 220 g/mol. The highest BCUT2D eigenvalue weighted by Crippen LogP contribution is 2.19. The summed E-state index contributed by atoms with van der Waals surface area (Å²) in [6, 6.07) is 0.456. The van der Waals surface area contributed by atoms with Gasteiger partial charge in [0, 0.05) is 25.1 Å². The Bertz CT molecular complexity index is 259. The van der Waals surface area contributed by atoms with Crippen molar-refractivity contribution in [3.63, 3.8) is 0 Å². The van der Waals surface area contributed by atoms with Gasteiger partial charge in [0.05, 0.1) is 0 Å². The van der Waals surface area contributed by atoms with Crippen LogP contribution in [0, 0.1) is 5.41 Å². The highest BCUT2D eigenvalue weighted by atomic mass is 32.3. The predicted octanol–water partition coefficient (Wildman–Crippen LogP) is 1.28. The largest absolute Gasteiger partial charge is 0.303 e. The smallest absolute Gasteiger partial charge is 0.0200 e. The molecule has 1 N–H and O–H groups in total. The minimum atomic E-state index is -2.06. The third kappa shape index (κ3) is 5.97. The monoisotopic (exact) mass is 248 g/mol. The van der Waals surface area contributed by atoms with Crippen LogP contribution >= 0.6 is 0 Å². The summed E-state index contributed by atoms with van der Waals surface area (Å²) in [5.74, 6) is 0. The van der Waals surface area contributed by atoms with Crippen LogP contribution in [0.25, 0.3) is 0 Å². The highest BCUT2D eigenvalue weighted by molar-refractivity contribution is 7.99. The normalized spacial score (nSPS) is 22.3. The van der Waals surface area contributed by atoms with Crippen LogP contribution in [0.5, 0.6) is 0 Å². The van der Waals surface area contributed by atoms with Crippen molar-refractivity contribution in [2.75, 3.05) is 32.1 Å². The minimum Gasteiger partial charge on any atom is -0.303 e. The number of rotatable bonds is 3. The SMILES string of the molecule is CC(C)(C)CN1CCC(N[SH](C)(C)=O)CC1.